The lowest BCUT2D eigenvalue weighted by Crippen LogP contribution is -2.43. The van der Waals surface area contributed by atoms with Crippen LogP contribution in [-0.2, 0) is 25.7 Å². The standard InChI is InChI=1S/C28H29NO5/c1-17-23(27(32)34-16-18-8-6-5-7-9-18)24(19-10-12-20(13-11-19)26(31)33-4)25-21(29-17)14-28(2,3)15-22(25)30/h5-13,23-24,29H,1,14-16H2,2-4H3. The van der Waals surface area contributed by atoms with Gasteiger partial charge in [-0.1, -0.05) is 62.9 Å². The largest absolute Gasteiger partial charge is 0.465 e. The van der Waals surface area contributed by atoms with Gasteiger partial charge in [0.25, 0.3) is 0 Å². The maximum absolute atomic E-state index is 13.4. The van der Waals surface area contributed by atoms with Gasteiger partial charge in [-0.25, -0.2) is 4.79 Å². The fraction of sp³-hybridized carbons (Fsp3) is 0.321. The Hall–Kier alpha value is -3.67. The Morgan fingerprint density at radius 1 is 1.06 bits per heavy atom. The van der Waals surface area contributed by atoms with Gasteiger partial charge in [-0.2, -0.15) is 0 Å². The second-order valence-corrected chi connectivity index (χ2v) is 9.65. The van der Waals surface area contributed by atoms with Crippen LogP contribution >= 0.6 is 0 Å². The van der Waals surface area contributed by atoms with Crippen molar-refractivity contribution in [3.63, 3.8) is 0 Å². The minimum absolute atomic E-state index is 0.00848. The third-order valence-corrected chi connectivity index (χ3v) is 6.42. The van der Waals surface area contributed by atoms with E-state index in [1.165, 1.54) is 7.11 Å². The monoisotopic (exact) mass is 459 g/mol. The number of ketones is 1. The summed E-state index contributed by atoms with van der Waals surface area (Å²) in [6, 6.07) is 16.3. The highest BCUT2D eigenvalue weighted by molar-refractivity contribution is 6.01. The molecule has 1 heterocycles. The number of esters is 2. The number of Topliss-reactive ketones (excluding diaryl/α,β-unsaturated/α-hetero) is 1. The zero-order valence-corrected chi connectivity index (χ0v) is 19.7. The zero-order chi connectivity index (χ0) is 24.5. The van der Waals surface area contributed by atoms with Crippen LogP contribution in [0, 0.1) is 11.3 Å². The molecule has 0 aromatic heterocycles. The molecule has 0 saturated heterocycles. The fourth-order valence-corrected chi connectivity index (χ4v) is 4.85. The lowest BCUT2D eigenvalue weighted by Gasteiger charge is -2.42. The summed E-state index contributed by atoms with van der Waals surface area (Å²) in [6.07, 6.45) is 1.07. The molecule has 4 rings (SSSR count). The van der Waals surface area contributed by atoms with Crippen LogP contribution in [0.4, 0.5) is 0 Å². The van der Waals surface area contributed by atoms with Crippen molar-refractivity contribution in [2.45, 2.75) is 39.2 Å². The molecule has 1 aliphatic heterocycles. The van der Waals surface area contributed by atoms with Gasteiger partial charge in [0.1, 0.15) is 12.5 Å². The van der Waals surface area contributed by atoms with E-state index in [-0.39, 0.29) is 17.8 Å². The number of methoxy groups -OCH3 is 1. The van der Waals surface area contributed by atoms with Crippen molar-refractivity contribution < 1.29 is 23.9 Å². The quantitative estimate of drug-likeness (QED) is 0.654. The summed E-state index contributed by atoms with van der Waals surface area (Å²) in [5, 5.41) is 3.26. The molecule has 0 amide bonds. The van der Waals surface area contributed by atoms with Gasteiger partial charge in [-0.05, 0) is 35.1 Å². The average Bonchev–Trinajstić information content (AvgIpc) is 2.81. The van der Waals surface area contributed by atoms with E-state index in [1.54, 1.807) is 24.3 Å². The van der Waals surface area contributed by atoms with Crippen LogP contribution in [0.15, 0.2) is 78.1 Å². The van der Waals surface area contributed by atoms with Gasteiger partial charge < -0.3 is 14.8 Å². The number of hydrogen-bond acceptors (Lipinski definition) is 6. The van der Waals surface area contributed by atoms with Gasteiger partial charge >= 0.3 is 11.9 Å². The summed E-state index contributed by atoms with van der Waals surface area (Å²) in [5.41, 5.74) is 3.73. The smallest absolute Gasteiger partial charge is 0.337 e. The van der Waals surface area contributed by atoms with Gasteiger partial charge in [0, 0.05) is 29.3 Å². The summed E-state index contributed by atoms with van der Waals surface area (Å²) >= 11 is 0. The van der Waals surface area contributed by atoms with Crippen LogP contribution in [0.2, 0.25) is 0 Å². The van der Waals surface area contributed by atoms with Crippen molar-refractivity contribution in [2.75, 3.05) is 7.11 Å². The minimum atomic E-state index is -0.781. The number of rotatable bonds is 5. The number of carbonyl (C=O) groups is 3. The molecule has 6 nitrogen and oxygen atoms in total. The first-order chi connectivity index (χ1) is 16.2. The summed E-state index contributed by atoms with van der Waals surface area (Å²) in [5.74, 6) is -2.23. The molecule has 0 bridgehead atoms. The van der Waals surface area contributed by atoms with Gasteiger partial charge in [0.15, 0.2) is 5.78 Å². The van der Waals surface area contributed by atoms with Gasteiger partial charge in [-0.15, -0.1) is 0 Å². The maximum atomic E-state index is 13.4. The SMILES string of the molecule is C=C1NC2=C(C(=O)CC(C)(C)C2)C(c2ccc(C(=O)OC)cc2)C1C(=O)OCc1ccccc1. The number of nitrogens with one attached hydrogen (secondary N) is 1. The Bertz CT molecular complexity index is 1160. The second kappa shape index (κ2) is 9.29. The van der Waals surface area contributed by atoms with Crippen LogP contribution in [0.25, 0.3) is 0 Å². The topological polar surface area (TPSA) is 81.7 Å². The Kier molecular flexibility index (Phi) is 6.42. The van der Waals surface area contributed by atoms with Crippen molar-refractivity contribution >= 4 is 17.7 Å². The molecule has 0 saturated carbocycles. The molecule has 2 unspecified atom stereocenters. The Labute approximate surface area is 199 Å². The molecule has 1 aliphatic carbocycles. The van der Waals surface area contributed by atoms with E-state index >= 15 is 0 Å². The third-order valence-electron chi connectivity index (χ3n) is 6.42. The third kappa shape index (κ3) is 4.67. The molecule has 1 N–H and O–H groups in total. The van der Waals surface area contributed by atoms with Crippen LogP contribution in [-0.4, -0.2) is 24.8 Å². The highest BCUT2D eigenvalue weighted by atomic mass is 16.5. The van der Waals surface area contributed by atoms with Crippen LogP contribution in [0.5, 0.6) is 0 Å². The molecule has 34 heavy (non-hydrogen) atoms. The molecule has 176 valence electrons. The van der Waals surface area contributed by atoms with Crippen LogP contribution in [0.1, 0.15) is 54.1 Å². The van der Waals surface area contributed by atoms with E-state index in [0.717, 1.165) is 16.8 Å². The summed E-state index contributed by atoms with van der Waals surface area (Å²) in [7, 11) is 1.32. The number of allylic oxidation sites excluding steroid dienone is 2. The van der Waals surface area contributed by atoms with Gasteiger partial charge in [-0.3, -0.25) is 9.59 Å². The first kappa shape index (κ1) is 23.5. The van der Waals surface area contributed by atoms with E-state index < -0.39 is 23.8 Å². The fourth-order valence-electron chi connectivity index (χ4n) is 4.85. The predicted molar refractivity (Wildman–Crippen MR) is 128 cm³/mol. The summed E-state index contributed by atoms with van der Waals surface area (Å²) in [4.78, 5) is 38.6. The maximum Gasteiger partial charge on any atom is 0.337 e. The molecule has 2 atom stereocenters. The molecule has 2 aliphatic rings. The molecular formula is C28H29NO5. The highest BCUT2D eigenvalue weighted by Gasteiger charge is 2.46. The molecule has 2 aromatic carbocycles. The van der Waals surface area contributed by atoms with Crippen LogP contribution in [0.3, 0.4) is 0 Å². The number of hydrogen-bond donors (Lipinski definition) is 1. The Balaban J connectivity index is 1.73. The zero-order valence-electron chi connectivity index (χ0n) is 19.7. The van der Waals surface area contributed by atoms with E-state index in [2.05, 4.69) is 25.7 Å². The molecule has 6 heteroatoms. The summed E-state index contributed by atoms with van der Waals surface area (Å²) in [6.45, 7) is 8.38. The number of carbonyl (C=O) groups excluding carboxylic acids is 3. The van der Waals surface area contributed by atoms with Gasteiger partial charge in [0.2, 0.25) is 0 Å². The van der Waals surface area contributed by atoms with Gasteiger partial charge in [0.05, 0.1) is 12.7 Å². The number of ether oxygens (including phenoxy) is 2. The first-order valence-electron chi connectivity index (χ1n) is 11.3. The average molecular weight is 460 g/mol. The lowest BCUT2D eigenvalue weighted by molar-refractivity contribution is -0.149. The van der Waals surface area contributed by atoms with Crippen molar-refractivity contribution in [1.82, 2.24) is 5.32 Å². The van der Waals surface area contributed by atoms with E-state index in [9.17, 15) is 14.4 Å². The summed E-state index contributed by atoms with van der Waals surface area (Å²) < 4.78 is 10.5. The van der Waals surface area contributed by atoms with E-state index in [4.69, 9.17) is 9.47 Å². The van der Waals surface area contributed by atoms with Crippen molar-refractivity contribution in [3.05, 3.63) is 94.8 Å². The minimum Gasteiger partial charge on any atom is -0.465 e. The van der Waals surface area contributed by atoms with Crippen molar-refractivity contribution in [2.24, 2.45) is 11.3 Å². The molecule has 0 spiro atoms. The first-order valence-corrected chi connectivity index (χ1v) is 11.3. The predicted octanol–water partition coefficient (Wildman–Crippen LogP) is 4.68. The van der Waals surface area contributed by atoms with E-state index in [1.807, 2.05) is 30.3 Å². The van der Waals surface area contributed by atoms with Crippen LogP contribution < -0.4 is 5.32 Å². The molecule has 2 aromatic rings. The molecule has 0 radical (unpaired) electrons. The highest BCUT2D eigenvalue weighted by Crippen LogP contribution is 2.48. The lowest BCUT2D eigenvalue weighted by atomic mass is 9.66. The Morgan fingerprint density at radius 3 is 2.38 bits per heavy atom. The number of benzene rings is 2. The normalized spacial score (nSPS) is 21.4. The van der Waals surface area contributed by atoms with E-state index in [0.29, 0.717) is 29.7 Å². The molecular weight excluding hydrogens is 430 g/mol. The van der Waals surface area contributed by atoms with Crippen molar-refractivity contribution in [3.8, 4) is 0 Å². The Morgan fingerprint density at radius 2 is 1.74 bits per heavy atom. The molecule has 0 fully saturated rings. The second-order valence-electron chi connectivity index (χ2n) is 9.65. The van der Waals surface area contributed by atoms with Crippen molar-refractivity contribution in [1.29, 1.82) is 0 Å².